The summed E-state index contributed by atoms with van der Waals surface area (Å²) in [4.78, 5) is 40.1. The zero-order valence-corrected chi connectivity index (χ0v) is 19.2. The number of rotatable bonds is 5. The highest BCUT2D eigenvalue weighted by Crippen LogP contribution is 2.41. The van der Waals surface area contributed by atoms with Crippen molar-refractivity contribution < 1.29 is 24.6 Å². The summed E-state index contributed by atoms with van der Waals surface area (Å²) in [5.41, 5.74) is 5.66. The van der Waals surface area contributed by atoms with E-state index in [9.17, 15) is 14.4 Å². The first-order valence-electron chi connectivity index (χ1n) is 11.7. The Bertz CT molecular complexity index is 1230. The van der Waals surface area contributed by atoms with Gasteiger partial charge in [-0.2, -0.15) is 0 Å². The van der Waals surface area contributed by atoms with Crippen molar-refractivity contribution in [1.29, 1.82) is 0 Å². The highest BCUT2D eigenvalue weighted by atomic mass is 16.4. The first-order chi connectivity index (χ1) is 16.4. The topological polar surface area (TPSA) is 125 Å². The second-order valence-corrected chi connectivity index (χ2v) is 8.94. The van der Waals surface area contributed by atoms with Crippen LogP contribution in [0.4, 0.5) is 0 Å². The first kappa shape index (κ1) is 23.5. The number of carbonyl (C=O) groups excluding carboxylic acids is 1. The maximum absolute atomic E-state index is 13.4. The molecule has 8 nitrogen and oxygen atoms in total. The highest BCUT2D eigenvalue weighted by Gasteiger charge is 2.35. The number of imidazole rings is 1. The van der Waals surface area contributed by atoms with Gasteiger partial charge in [0, 0.05) is 58.4 Å². The molecule has 0 bridgehead atoms. The minimum atomic E-state index is -1.26. The summed E-state index contributed by atoms with van der Waals surface area (Å²) < 4.78 is 2.52. The van der Waals surface area contributed by atoms with Crippen LogP contribution in [0, 0.1) is 12.8 Å². The second-order valence-electron chi connectivity index (χ2n) is 8.94. The summed E-state index contributed by atoms with van der Waals surface area (Å²) in [6, 6.07) is 9.08. The Morgan fingerprint density at radius 3 is 2.41 bits per heavy atom. The van der Waals surface area contributed by atoms with Gasteiger partial charge in [-0.05, 0) is 38.7 Å². The summed E-state index contributed by atoms with van der Waals surface area (Å²) in [7, 11) is 0. The number of fused-ring (bicyclic) bond motifs is 3. The van der Waals surface area contributed by atoms with E-state index in [-0.39, 0.29) is 5.92 Å². The number of aromatic amines is 1. The smallest absolute Gasteiger partial charge is 0.328 e. The largest absolute Gasteiger partial charge is 0.478 e. The SMILES string of the molecule is Cc1[nH]cnc1CC1CCc2c(c3ccccc3n2C2CCCC2)C1=O.O=C(O)C=CC(=O)O. The molecular formula is C26H29N3O5. The molecule has 178 valence electrons. The van der Waals surface area contributed by atoms with Gasteiger partial charge in [-0.1, -0.05) is 31.0 Å². The Hall–Kier alpha value is -3.68. The molecule has 2 aliphatic rings. The van der Waals surface area contributed by atoms with Crippen LogP contribution in [-0.2, 0) is 22.4 Å². The third kappa shape index (κ3) is 4.81. The number of para-hydroxylation sites is 1. The molecule has 2 heterocycles. The number of aliphatic carboxylic acids is 2. The van der Waals surface area contributed by atoms with Crippen molar-refractivity contribution in [2.45, 2.75) is 57.9 Å². The molecule has 0 radical (unpaired) electrons. The molecular weight excluding hydrogens is 434 g/mol. The minimum absolute atomic E-state index is 0.0485. The predicted octanol–water partition coefficient (Wildman–Crippen LogP) is 4.49. The van der Waals surface area contributed by atoms with E-state index < -0.39 is 11.9 Å². The molecule has 0 saturated heterocycles. The highest BCUT2D eigenvalue weighted by molar-refractivity contribution is 6.11. The average Bonchev–Trinajstić information content (AvgIpc) is 3.54. The predicted molar refractivity (Wildman–Crippen MR) is 127 cm³/mol. The maximum Gasteiger partial charge on any atom is 0.328 e. The molecule has 8 heteroatoms. The van der Waals surface area contributed by atoms with E-state index in [0.29, 0.717) is 24.0 Å². The van der Waals surface area contributed by atoms with Crippen LogP contribution in [0.3, 0.4) is 0 Å². The Morgan fingerprint density at radius 1 is 1.12 bits per heavy atom. The first-order valence-corrected chi connectivity index (χ1v) is 11.7. The molecule has 5 rings (SSSR count). The fourth-order valence-corrected chi connectivity index (χ4v) is 5.23. The number of nitrogens with one attached hydrogen (secondary N) is 1. The number of hydrogen-bond acceptors (Lipinski definition) is 4. The lowest BCUT2D eigenvalue weighted by atomic mass is 9.82. The molecule has 2 aromatic heterocycles. The summed E-state index contributed by atoms with van der Waals surface area (Å²) in [6.45, 7) is 2.03. The van der Waals surface area contributed by atoms with E-state index in [1.54, 1.807) is 6.33 Å². The van der Waals surface area contributed by atoms with Crippen LogP contribution in [0.2, 0.25) is 0 Å². The van der Waals surface area contributed by atoms with Crippen LogP contribution < -0.4 is 0 Å². The molecule has 0 spiro atoms. The third-order valence-corrected chi connectivity index (χ3v) is 6.79. The van der Waals surface area contributed by atoms with Crippen molar-refractivity contribution in [3.8, 4) is 0 Å². The van der Waals surface area contributed by atoms with Crippen molar-refractivity contribution >= 4 is 28.6 Å². The van der Waals surface area contributed by atoms with E-state index in [1.165, 1.54) is 36.9 Å². The van der Waals surface area contributed by atoms with Gasteiger partial charge in [0.05, 0.1) is 12.0 Å². The van der Waals surface area contributed by atoms with Gasteiger partial charge in [0.15, 0.2) is 5.78 Å². The normalized spacial score (nSPS) is 18.1. The van der Waals surface area contributed by atoms with Gasteiger partial charge < -0.3 is 19.8 Å². The molecule has 0 amide bonds. The second kappa shape index (κ2) is 10.1. The lowest BCUT2D eigenvalue weighted by Gasteiger charge is -2.25. The fourth-order valence-electron chi connectivity index (χ4n) is 5.23. The van der Waals surface area contributed by atoms with Gasteiger partial charge >= 0.3 is 11.9 Å². The maximum atomic E-state index is 13.4. The van der Waals surface area contributed by atoms with Gasteiger partial charge in [0.25, 0.3) is 0 Å². The van der Waals surface area contributed by atoms with Crippen LogP contribution in [-0.4, -0.2) is 42.5 Å². The quantitative estimate of drug-likeness (QED) is 0.479. The Kier molecular flexibility index (Phi) is 6.95. The molecule has 3 N–H and O–H groups in total. The van der Waals surface area contributed by atoms with Crippen molar-refractivity contribution in [1.82, 2.24) is 14.5 Å². The Labute approximate surface area is 197 Å². The molecule has 34 heavy (non-hydrogen) atoms. The molecule has 1 saturated carbocycles. The van der Waals surface area contributed by atoms with Crippen LogP contribution in [0.15, 0.2) is 42.7 Å². The van der Waals surface area contributed by atoms with Crippen LogP contribution in [0.1, 0.15) is 65.6 Å². The van der Waals surface area contributed by atoms with E-state index in [2.05, 4.69) is 38.8 Å². The number of H-pyrrole nitrogens is 1. The van der Waals surface area contributed by atoms with Crippen molar-refractivity contribution in [2.24, 2.45) is 5.92 Å². The minimum Gasteiger partial charge on any atom is -0.478 e. The molecule has 2 aliphatic carbocycles. The number of nitrogens with zero attached hydrogens (tertiary/aromatic N) is 2. The fraction of sp³-hybridized carbons (Fsp3) is 0.385. The molecule has 1 atom stereocenters. The number of aryl methyl sites for hydroxylation is 1. The zero-order valence-electron chi connectivity index (χ0n) is 19.2. The van der Waals surface area contributed by atoms with Gasteiger partial charge in [0.2, 0.25) is 0 Å². The summed E-state index contributed by atoms with van der Waals surface area (Å²) in [6.07, 6.45) is 10.6. The van der Waals surface area contributed by atoms with Crippen LogP contribution in [0.25, 0.3) is 10.9 Å². The molecule has 0 aliphatic heterocycles. The number of Topliss-reactive ketones (excluding diaryl/α,β-unsaturated/α-hetero) is 1. The Morgan fingerprint density at radius 2 is 1.79 bits per heavy atom. The molecule has 1 aromatic carbocycles. The standard InChI is InChI=1S/C22H25N3O.C4H4O4/c1-14-18(24-13-23-14)12-15-10-11-20-21(22(15)26)17-8-4-5-9-19(17)25(20)16-6-2-3-7-16;5-3(6)1-2-4(7)8/h4-5,8-9,13,15-16H,2-3,6-7,10-12H2,1H3,(H,23,24);1-2H,(H,5,6)(H,7,8). The van der Waals surface area contributed by atoms with Crippen molar-refractivity contribution in [3.05, 3.63) is 65.4 Å². The summed E-state index contributed by atoms with van der Waals surface area (Å²) in [5.74, 6) is -2.14. The average molecular weight is 464 g/mol. The van der Waals surface area contributed by atoms with Crippen LogP contribution in [0.5, 0.6) is 0 Å². The van der Waals surface area contributed by atoms with Gasteiger partial charge in [-0.25, -0.2) is 14.6 Å². The van der Waals surface area contributed by atoms with E-state index in [1.807, 2.05) is 6.92 Å². The molecule has 3 aromatic rings. The lowest BCUT2D eigenvalue weighted by Crippen LogP contribution is -2.26. The van der Waals surface area contributed by atoms with Crippen LogP contribution >= 0.6 is 0 Å². The summed E-state index contributed by atoms with van der Waals surface area (Å²) in [5, 5.41) is 16.8. The molecule has 1 unspecified atom stereocenters. The molecule has 1 fully saturated rings. The number of ketones is 1. The van der Waals surface area contributed by atoms with E-state index in [0.717, 1.165) is 41.6 Å². The van der Waals surface area contributed by atoms with Gasteiger partial charge in [-0.15, -0.1) is 0 Å². The number of benzene rings is 1. The number of carboxylic acid groups (broad SMARTS) is 2. The van der Waals surface area contributed by atoms with E-state index in [4.69, 9.17) is 10.2 Å². The van der Waals surface area contributed by atoms with Crippen molar-refractivity contribution in [2.75, 3.05) is 0 Å². The Balaban J connectivity index is 0.000000297. The van der Waals surface area contributed by atoms with Gasteiger partial charge in [0.1, 0.15) is 0 Å². The third-order valence-electron chi connectivity index (χ3n) is 6.79. The number of carboxylic acids is 2. The number of aromatic nitrogens is 3. The zero-order chi connectivity index (χ0) is 24.2. The monoisotopic (exact) mass is 463 g/mol. The number of hydrogen-bond donors (Lipinski definition) is 3. The van der Waals surface area contributed by atoms with E-state index >= 15 is 0 Å². The lowest BCUT2D eigenvalue weighted by molar-refractivity contribution is -0.134. The van der Waals surface area contributed by atoms with Gasteiger partial charge in [-0.3, -0.25) is 4.79 Å². The summed E-state index contributed by atoms with van der Waals surface area (Å²) >= 11 is 0. The number of carbonyl (C=O) groups is 3. The van der Waals surface area contributed by atoms with Crippen molar-refractivity contribution in [3.63, 3.8) is 0 Å².